The van der Waals surface area contributed by atoms with E-state index in [0.717, 1.165) is 5.56 Å². The number of nitrogens with zero attached hydrogens (tertiary/aromatic N) is 1. The second kappa shape index (κ2) is 13.9. The van der Waals surface area contributed by atoms with Gasteiger partial charge in [-0.3, -0.25) is 14.6 Å². The Morgan fingerprint density at radius 1 is 1.00 bits per heavy atom. The molecule has 0 aliphatic heterocycles. The molecule has 1 atom stereocenters. The number of anilines is 2. The first-order valence-electron chi connectivity index (χ1n) is 12.8. The predicted octanol–water partition coefficient (Wildman–Crippen LogP) is 3.16. The third kappa shape index (κ3) is 8.36. The van der Waals surface area contributed by atoms with Gasteiger partial charge in [0.15, 0.2) is 0 Å². The van der Waals surface area contributed by atoms with E-state index >= 15 is 0 Å². The molecule has 4 aromatic rings. The Kier molecular flexibility index (Phi) is 9.81. The van der Waals surface area contributed by atoms with Gasteiger partial charge in [-0.1, -0.05) is 6.07 Å². The van der Waals surface area contributed by atoms with Gasteiger partial charge in [0.1, 0.15) is 17.3 Å². The van der Waals surface area contributed by atoms with E-state index in [0.29, 0.717) is 28.6 Å². The first-order valence-corrected chi connectivity index (χ1v) is 12.8. The molecule has 2 aromatic heterocycles. The van der Waals surface area contributed by atoms with Gasteiger partial charge >= 0.3 is 6.03 Å². The molecule has 2 aromatic carbocycles. The number of carbonyl (C=O) groups excluding carboxylic acids is 3. The summed E-state index contributed by atoms with van der Waals surface area (Å²) in [5, 5.41) is 28.0. The summed E-state index contributed by atoms with van der Waals surface area (Å²) >= 11 is 0. The van der Waals surface area contributed by atoms with Crippen molar-refractivity contribution in [1.29, 1.82) is 0 Å². The van der Waals surface area contributed by atoms with Crippen molar-refractivity contribution in [3.63, 3.8) is 0 Å². The molecule has 7 N–H and O–H groups in total. The minimum atomic E-state index is -1.07. The third-order valence-corrected chi connectivity index (χ3v) is 5.83. The van der Waals surface area contributed by atoms with E-state index in [1.807, 2.05) is 0 Å². The maximum absolute atomic E-state index is 13.9. The molecule has 12 nitrogen and oxygen atoms in total. The number of aliphatic hydroxyl groups is 2. The van der Waals surface area contributed by atoms with E-state index in [1.54, 1.807) is 61.7 Å². The number of nitrogens with one attached hydrogen (secondary N) is 5. The molecule has 2 heterocycles. The van der Waals surface area contributed by atoms with Crippen LogP contribution in [0, 0.1) is 12.7 Å². The number of urea groups is 1. The number of hydrogen-bond donors (Lipinski definition) is 7. The van der Waals surface area contributed by atoms with E-state index < -0.39 is 36.4 Å². The highest BCUT2D eigenvalue weighted by Crippen LogP contribution is 2.27. The van der Waals surface area contributed by atoms with Gasteiger partial charge in [0.25, 0.3) is 5.91 Å². The van der Waals surface area contributed by atoms with Crippen molar-refractivity contribution in [3.8, 4) is 22.9 Å². The number of ether oxygens (including phenoxy) is 1. The molecule has 0 aliphatic rings. The van der Waals surface area contributed by atoms with Crippen LogP contribution in [0.2, 0.25) is 0 Å². The van der Waals surface area contributed by atoms with Crippen LogP contribution in [0.3, 0.4) is 0 Å². The zero-order valence-electron chi connectivity index (χ0n) is 22.5. The summed E-state index contributed by atoms with van der Waals surface area (Å²) in [4.78, 5) is 43.8. The summed E-state index contributed by atoms with van der Waals surface area (Å²) in [6.45, 7) is 0.883. The molecule has 0 radical (unpaired) electrons. The number of hydrogen-bond acceptors (Lipinski definition) is 7. The lowest BCUT2D eigenvalue weighted by Crippen LogP contribution is -2.40. The summed E-state index contributed by atoms with van der Waals surface area (Å²) in [7, 11) is 0. The summed E-state index contributed by atoms with van der Waals surface area (Å²) in [6, 6.07) is 15.3. The zero-order valence-corrected chi connectivity index (χ0v) is 22.5. The molecule has 0 spiro atoms. The number of aliphatic hydroxyl groups excluding tert-OH is 2. The minimum absolute atomic E-state index is 0.0787. The summed E-state index contributed by atoms with van der Waals surface area (Å²) < 4.78 is 19.8. The molecular formula is C29H29FN6O6. The summed E-state index contributed by atoms with van der Waals surface area (Å²) in [5.41, 5.74) is 2.68. The Morgan fingerprint density at radius 2 is 1.79 bits per heavy atom. The molecule has 218 valence electrons. The van der Waals surface area contributed by atoms with Gasteiger partial charge in [-0.2, -0.15) is 0 Å². The van der Waals surface area contributed by atoms with Gasteiger partial charge in [-0.15, -0.1) is 0 Å². The Labute approximate surface area is 240 Å². The average Bonchev–Trinajstić information content (AvgIpc) is 3.48. The molecular weight excluding hydrogens is 547 g/mol. The molecule has 4 rings (SSSR count). The van der Waals surface area contributed by atoms with Gasteiger partial charge in [0.05, 0.1) is 41.9 Å². The van der Waals surface area contributed by atoms with Crippen LogP contribution >= 0.6 is 0 Å². The second-order valence-electron chi connectivity index (χ2n) is 9.19. The summed E-state index contributed by atoms with van der Waals surface area (Å²) in [5.74, 6) is -0.584. The van der Waals surface area contributed by atoms with Crippen molar-refractivity contribution in [2.45, 2.75) is 13.0 Å². The largest absolute Gasteiger partial charge is 0.457 e. The number of H-pyrrole nitrogens is 1. The Bertz CT molecular complexity index is 1560. The molecule has 0 saturated carbocycles. The lowest BCUT2D eigenvalue weighted by atomic mass is 10.2. The fraction of sp³-hybridized carbons (Fsp3) is 0.172. The quantitative estimate of drug-likeness (QED) is 0.143. The van der Waals surface area contributed by atoms with Crippen molar-refractivity contribution >= 4 is 29.2 Å². The van der Waals surface area contributed by atoms with E-state index in [4.69, 9.17) is 9.84 Å². The smallest absolute Gasteiger partial charge is 0.323 e. The lowest BCUT2D eigenvalue weighted by molar-refractivity contribution is -0.120. The second-order valence-corrected chi connectivity index (χ2v) is 9.19. The van der Waals surface area contributed by atoms with Crippen LogP contribution in [-0.2, 0) is 4.79 Å². The average molecular weight is 577 g/mol. The number of pyridine rings is 1. The molecule has 42 heavy (non-hydrogen) atoms. The maximum Gasteiger partial charge on any atom is 0.323 e. The summed E-state index contributed by atoms with van der Waals surface area (Å²) in [6.07, 6.45) is 1.94. The SMILES string of the molecule is Cc1ccc(F)c(NC(=O)Nc2ccc(Oc3ccnc(-c4cc(C(=O)NCC(=O)NCC(O)CO)c[nH]4)c3)cc2)c1. The maximum atomic E-state index is 13.9. The molecule has 0 saturated heterocycles. The number of amides is 4. The Morgan fingerprint density at radius 3 is 2.55 bits per heavy atom. The number of aryl methyl sites for hydroxylation is 1. The molecule has 4 amide bonds. The van der Waals surface area contributed by atoms with Crippen molar-refractivity contribution in [3.05, 3.63) is 90.0 Å². The highest BCUT2D eigenvalue weighted by atomic mass is 19.1. The van der Waals surface area contributed by atoms with Crippen molar-refractivity contribution < 1.29 is 33.7 Å². The van der Waals surface area contributed by atoms with Crippen LogP contribution in [-0.4, -0.2) is 63.8 Å². The molecule has 1 unspecified atom stereocenters. The topological polar surface area (TPSA) is 178 Å². The fourth-order valence-electron chi connectivity index (χ4n) is 3.68. The first-order chi connectivity index (χ1) is 20.2. The highest BCUT2D eigenvalue weighted by molar-refractivity contribution is 6.00. The predicted molar refractivity (Wildman–Crippen MR) is 153 cm³/mol. The molecule has 0 bridgehead atoms. The number of carbonyl (C=O) groups is 3. The number of rotatable bonds is 11. The van der Waals surface area contributed by atoms with E-state index in [-0.39, 0.29) is 24.3 Å². The van der Waals surface area contributed by atoms with Gasteiger partial charge in [-0.25, -0.2) is 9.18 Å². The molecule has 0 aliphatic carbocycles. The monoisotopic (exact) mass is 576 g/mol. The van der Waals surface area contributed by atoms with Crippen LogP contribution in [0.25, 0.3) is 11.4 Å². The normalized spacial score (nSPS) is 11.3. The number of benzene rings is 2. The van der Waals surface area contributed by atoms with Gasteiger partial charge in [-0.05, 0) is 61.0 Å². The number of aromatic nitrogens is 2. The van der Waals surface area contributed by atoms with Crippen LogP contribution in [0.5, 0.6) is 11.5 Å². The van der Waals surface area contributed by atoms with Crippen LogP contribution in [0.15, 0.2) is 73.1 Å². The van der Waals surface area contributed by atoms with Gasteiger partial charge in [0, 0.05) is 30.7 Å². The third-order valence-electron chi connectivity index (χ3n) is 5.83. The molecule has 0 fully saturated rings. The van der Waals surface area contributed by atoms with Crippen molar-refractivity contribution in [2.75, 3.05) is 30.3 Å². The van der Waals surface area contributed by atoms with Crippen molar-refractivity contribution in [1.82, 2.24) is 20.6 Å². The van der Waals surface area contributed by atoms with Crippen molar-refractivity contribution in [2.24, 2.45) is 0 Å². The van der Waals surface area contributed by atoms with Crippen LogP contribution < -0.4 is 26.0 Å². The fourth-order valence-corrected chi connectivity index (χ4v) is 3.68. The van der Waals surface area contributed by atoms with Crippen LogP contribution in [0.4, 0.5) is 20.6 Å². The van der Waals surface area contributed by atoms with Gasteiger partial charge in [0.2, 0.25) is 5.91 Å². The standard InChI is InChI=1S/C29H29FN6O6/c1-17-2-7-23(30)24(10-17)36-29(41)35-19-3-5-21(6-4-19)42-22-8-9-31-26(12-22)25-11-18(13-32-25)28(40)34-15-27(39)33-14-20(38)16-37/h2-13,20,32,37-38H,14-16H2,1H3,(H,33,39)(H,34,40)(H2,35,36,41). The highest BCUT2D eigenvalue weighted by Gasteiger charge is 2.13. The minimum Gasteiger partial charge on any atom is -0.457 e. The molecule has 13 heteroatoms. The lowest BCUT2D eigenvalue weighted by Gasteiger charge is -2.10. The van der Waals surface area contributed by atoms with E-state index in [9.17, 15) is 23.9 Å². The van der Waals surface area contributed by atoms with Crippen LogP contribution in [0.1, 0.15) is 15.9 Å². The Balaban J connectivity index is 1.31. The van der Waals surface area contributed by atoms with Gasteiger partial charge < -0.3 is 41.2 Å². The van der Waals surface area contributed by atoms with E-state index in [2.05, 4.69) is 31.2 Å². The number of halogens is 1. The first kappa shape index (κ1) is 29.7. The van der Waals surface area contributed by atoms with E-state index in [1.165, 1.54) is 18.3 Å². The Hall–Kier alpha value is -5.27. The number of aromatic amines is 1. The zero-order chi connectivity index (χ0) is 30.1.